The van der Waals surface area contributed by atoms with E-state index in [1.807, 2.05) is 0 Å². The first-order valence-electron chi connectivity index (χ1n) is 9.60. The molecule has 0 N–H and O–H groups in total. The Morgan fingerprint density at radius 1 is 0.704 bits per heavy atom. The van der Waals surface area contributed by atoms with Crippen LogP contribution in [-0.2, 0) is 0 Å². The van der Waals surface area contributed by atoms with E-state index in [-0.39, 0.29) is 11.5 Å². The van der Waals surface area contributed by atoms with Crippen LogP contribution in [0.3, 0.4) is 0 Å². The van der Waals surface area contributed by atoms with Crippen molar-refractivity contribution < 1.29 is 0 Å². The average Bonchev–Trinajstić information content (AvgIpc) is 3.03. The first kappa shape index (κ1) is 16.1. The molecule has 1 aromatic heterocycles. The smallest absolute Gasteiger partial charge is 0.0617 e. The molecule has 1 aliphatic rings. The van der Waals surface area contributed by atoms with Crippen LogP contribution in [0, 0.1) is 5.41 Å². The third-order valence-electron chi connectivity index (χ3n) is 5.97. The number of allylic oxidation sites excluding steroid dienone is 4. The van der Waals surface area contributed by atoms with Crippen LogP contribution < -0.4 is 0 Å². The maximum atomic E-state index is 2.52. The molecule has 0 bridgehead atoms. The van der Waals surface area contributed by atoms with Gasteiger partial charge < -0.3 is 4.57 Å². The van der Waals surface area contributed by atoms with E-state index in [4.69, 9.17) is 0 Å². The van der Waals surface area contributed by atoms with E-state index < -0.39 is 0 Å². The fourth-order valence-corrected chi connectivity index (χ4v) is 4.62. The first-order chi connectivity index (χ1) is 13.2. The molecule has 0 fully saturated rings. The standard InChI is InChI=1S/C26H23N/c1-26(2)22(19-11-4-3-5-12-19)15-10-18-25(26)27-23-16-8-6-13-20(23)21-14-7-9-17-24(21)27/h3-18,25H,1-2H3. The number of para-hydroxylation sites is 2. The van der Waals surface area contributed by atoms with Crippen LogP contribution in [0.2, 0.25) is 0 Å². The Morgan fingerprint density at radius 3 is 1.89 bits per heavy atom. The van der Waals surface area contributed by atoms with Crippen LogP contribution in [0.1, 0.15) is 25.5 Å². The molecule has 0 spiro atoms. The van der Waals surface area contributed by atoms with Crippen molar-refractivity contribution in [2.75, 3.05) is 0 Å². The zero-order chi connectivity index (χ0) is 18.4. The lowest BCUT2D eigenvalue weighted by Crippen LogP contribution is -2.28. The lowest BCUT2D eigenvalue weighted by Gasteiger charge is -2.39. The summed E-state index contributed by atoms with van der Waals surface area (Å²) in [7, 11) is 0. The number of fused-ring (bicyclic) bond motifs is 3. The van der Waals surface area contributed by atoms with E-state index in [0.717, 1.165) is 0 Å². The third-order valence-corrected chi connectivity index (χ3v) is 5.97. The molecule has 3 aromatic carbocycles. The highest BCUT2D eigenvalue weighted by atomic mass is 15.0. The second kappa shape index (κ2) is 5.99. The molecule has 27 heavy (non-hydrogen) atoms. The molecule has 1 heteroatoms. The van der Waals surface area contributed by atoms with Gasteiger partial charge in [-0.3, -0.25) is 0 Å². The highest BCUT2D eigenvalue weighted by molar-refractivity contribution is 6.08. The van der Waals surface area contributed by atoms with Crippen molar-refractivity contribution in [1.82, 2.24) is 4.57 Å². The SMILES string of the molecule is CC1(C)C(c2ccccc2)=CC=CC1n1c2ccccc2c2ccccc21. The highest BCUT2D eigenvalue weighted by Crippen LogP contribution is 2.49. The molecule has 1 unspecified atom stereocenters. The molecular weight excluding hydrogens is 326 g/mol. The molecule has 132 valence electrons. The summed E-state index contributed by atoms with van der Waals surface area (Å²) >= 11 is 0. The Balaban J connectivity index is 1.76. The predicted octanol–water partition coefficient (Wildman–Crippen LogP) is 7.02. The van der Waals surface area contributed by atoms with Crippen molar-refractivity contribution in [1.29, 1.82) is 0 Å². The molecule has 1 aliphatic carbocycles. The van der Waals surface area contributed by atoms with Crippen molar-refractivity contribution >= 4 is 27.4 Å². The van der Waals surface area contributed by atoms with Gasteiger partial charge in [-0.25, -0.2) is 0 Å². The Bertz CT molecular complexity index is 1140. The van der Waals surface area contributed by atoms with E-state index in [0.29, 0.717) is 0 Å². The lowest BCUT2D eigenvalue weighted by molar-refractivity contribution is 0.364. The largest absolute Gasteiger partial charge is 0.333 e. The van der Waals surface area contributed by atoms with Gasteiger partial charge in [0.15, 0.2) is 0 Å². The monoisotopic (exact) mass is 349 g/mol. The summed E-state index contributed by atoms with van der Waals surface area (Å²) in [5.74, 6) is 0. The highest BCUT2D eigenvalue weighted by Gasteiger charge is 2.36. The van der Waals surface area contributed by atoms with E-state index in [1.165, 1.54) is 32.9 Å². The quantitative estimate of drug-likeness (QED) is 0.366. The minimum absolute atomic E-state index is 0.0271. The van der Waals surface area contributed by atoms with Gasteiger partial charge in [0.05, 0.1) is 6.04 Å². The molecule has 4 aromatic rings. The summed E-state index contributed by atoms with van der Waals surface area (Å²) in [5.41, 5.74) is 5.27. The van der Waals surface area contributed by atoms with Crippen LogP contribution >= 0.6 is 0 Å². The Morgan fingerprint density at radius 2 is 1.26 bits per heavy atom. The molecule has 0 amide bonds. The van der Waals surface area contributed by atoms with Crippen LogP contribution in [0.5, 0.6) is 0 Å². The van der Waals surface area contributed by atoms with E-state index in [1.54, 1.807) is 0 Å². The number of rotatable bonds is 2. The van der Waals surface area contributed by atoms with Crippen molar-refractivity contribution in [3.8, 4) is 0 Å². The van der Waals surface area contributed by atoms with Gasteiger partial charge in [0.2, 0.25) is 0 Å². The van der Waals surface area contributed by atoms with Gasteiger partial charge >= 0.3 is 0 Å². The zero-order valence-corrected chi connectivity index (χ0v) is 15.8. The Kier molecular flexibility index (Phi) is 3.58. The predicted molar refractivity (Wildman–Crippen MR) is 116 cm³/mol. The molecule has 0 radical (unpaired) electrons. The van der Waals surface area contributed by atoms with Gasteiger partial charge in [-0.2, -0.15) is 0 Å². The lowest BCUT2D eigenvalue weighted by atomic mass is 9.71. The van der Waals surface area contributed by atoms with Crippen LogP contribution in [-0.4, -0.2) is 4.57 Å². The van der Waals surface area contributed by atoms with Crippen molar-refractivity contribution in [2.45, 2.75) is 19.9 Å². The first-order valence-corrected chi connectivity index (χ1v) is 9.60. The van der Waals surface area contributed by atoms with E-state index in [9.17, 15) is 0 Å². The molecule has 1 heterocycles. The van der Waals surface area contributed by atoms with Crippen molar-refractivity contribution in [2.24, 2.45) is 5.41 Å². The number of hydrogen-bond acceptors (Lipinski definition) is 0. The summed E-state index contributed by atoms with van der Waals surface area (Å²) in [6.07, 6.45) is 6.85. The second-order valence-corrected chi connectivity index (χ2v) is 7.90. The second-order valence-electron chi connectivity index (χ2n) is 7.90. The number of aromatic nitrogens is 1. The average molecular weight is 349 g/mol. The van der Waals surface area contributed by atoms with Crippen LogP contribution in [0.25, 0.3) is 27.4 Å². The molecule has 1 nitrogen and oxygen atoms in total. The number of nitrogens with zero attached hydrogens (tertiary/aromatic N) is 1. The molecule has 5 rings (SSSR count). The maximum Gasteiger partial charge on any atom is 0.0617 e. The number of benzene rings is 3. The Hall–Kier alpha value is -3.06. The van der Waals surface area contributed by atoms with Gasteiger partial charge in [0, 0.05) is 27.2 Å². The summed E-state index contributed by atoms with van der Waals surface area (Å²) in [6.45, 7) is 4.73. The minimum atomic E-state index is -0.0271. The minimum Gasteiger partial charge on any atom is -0.333 e. The molecule has 1 atom stereocenters. The van der Waals surface area contributed by atoms with Gasteiger partial charge in [-0.05, 0) is 23.3 Å². The molecule has 0 aliphatic heterocycles. The van der Waals surface area contributed by atoms with Gasteiger partial charge in [-0.1, -0.05) is 98.8 Å². The van der Waals surface area contributed by atoms with E-state index >= 15 is 0 Å². The third kappa shape index (κ3) is 2.39. The van der Waals surface area contributed by atoms with Crippen molar-refractivity contribution in [3.05, 3.63) is 103 Å². The zero-order valence-electron chi connectivity index (χ0n) is 15.8. The van der Waals surface area contributed by atoms with Crippen molar-refractivity contribution in [3.63, 3.8) is 0 Å². The summed E-state index contributed by atoms with van der Waals surface area (Å²) in [5, 5.41) is 2.65. The van der Waals surface area contributed by atoms with E-state index in [2.05, 4.69) is 116 Å². The summed E-state index contributed by atoms with van der Waals surface area (Å²) < 4.78 is 2.52. The Labute approximate surface area is 160 Å². The van der Waals surface area contributed by atoms with Gasteiger partial charge in [-0.15, -0.1) is 0 Å². The molecule has 0 saturated heterocycles. The molecule has 0 saturated carbocycles. The number of hydrogen-bond donors (Lipinski definition) is 0. The topological polar surface area (TPSA) is 4.93 Å². The maximum absolute atomic E-state index is 2.52. The summed E-state index contributed by atoms with van der Waals surface area (Å²) in [6, 6.07) is 28.6. The van der Waals surface area contributed by atoms with Gasteiger partial charge in [0.25, 0.3) is 0 Å². The van der Waals surface area contributed by atoms with Gasteiger partial charge in [0.1, 0.15) is 0 Å². The van der Waals surface area contributed by atoms with Crippen LogP contribution in [0.4, 0.5) is 0 Å². The summed E-state index contributed by atoms with van der Waals surface area (Å²) in [4.78, 5) is 0. The normalized spacial score (nSPS) is 18.7. The van der Waals surface area contributed by atoms with Crippen LogP contribution in [0.15, 0.2) is 97.1 Å². The fourth-order valence-electron chi connectivity index (χ4n) is 4.62. The fraction of sp³-hybridized carbons (Fsp3) is 0.154. The molecular formula is C26H23N.